The lowest BCUT2D eigenvalue weighted by Crippen LogP contribution is -2.14. The number of sulfonamides is 1. The first-order valence-corrected chi connectivity index (χ1v) is 8.07. The Morgan fingerprint density at radius 2 is 1.90 bits per heavy atom. The molecule has 0 saturated carbocycles. The molecule has 0 aliphatic carbocycles. The SMILES string of the molecule is CCNc1ccc(S(=O)(=O)Nc2ccc(C)nc2C)cn1. The Kier molecular flexibility index (Phi) is 4.42. The van der Waals surface area contributed by atoms with Gasteiger partial charge in [-0.1, -0.05) is 0 Å². The van der Waals surface area contributed by atoms with Crippen LogP contribution in [0.3, 0.4) is 0 Å². The van der Waals surface area contributed by atoms with Gasteiger partial charge in [-0.15, -0.1) is 0 Å². The maximum atomic E-state index is 12.3. The molecule has 2 aromatic rings. The van der Waals surface area contributed by atoms with Gasteiger partial charge in [0.15, 0.2) is 0 Å². The van der Waals surface area contributed by atoms with E-state index >= 15 is 0 Å². The van der Waals surface area contributed by atoms with Crippen molar-refractivity contribution in [3.8, 4) is 0 Å². The number of hydrogen-bond donors (Lipinski definition) is 2. The first-order valence-electron chi connectivity index (χ1n) is 6.59. The molecule has 0 spiro atoms. The molecule has 7 heteroatoms. The molecular formula is C14H18N4O2S. The van der Waals surface area contributed by atoms with E-state index in [0.29, 0.717) is 17.2 Å². The summed E-state index contributed by atoms with van der Waals surface area (Å²) in [5, 5.41) is 3.01. The lowest BCUT2D eigenvalue weighted by molar-refractivity contribution is 0.600. The van der Waals surface area contributed by atoms with Crippen LogP contribution < -0.4 is 10.0 Å². The Bertz CT molecular complexity index is 727. The molecule has 0 amide bonds. The molecule has 21 heavy (non-hydrogen) atoms. The van der Waals surface area contributed by atoms with E-state index in [4.69, 9.17) is 0 Å². The minimum Gasteiger partial charge on any atom is -0.370 e. The van der Waals surface area contributed by atoms with Crippen molar-refractivity contribution in [1.82, 2.24) is 9.97 Å². The highest BCUT2D eigenvalue weighted by atomic mass is 32.2. The zero-order valence-electron chi connectivity index (χ0n) is 12.2. The molecule has 0 unspecified atom stereocenters. The van der Waals surface area contributed by atoms with E-state index in [1.54, 1.807) is 25.1 Å². The third-order valence-electron chi connectivity index (χ3n) is 2.87. The van der Waals surface area contributed by atoms with Crippen LogP contribution in [-0.4, -0.2) is 24.9 Å². The second-order valence-electron chi connectivity index (χ2n) is 4.60. The van der Waals surface area contributed by atoms with E-state index in [2.05, 4.69) is 20.0 Å². The average molecular weight is 306 g/mol. The van der Waals surface area contributed by atoms with Crippen molar-refractivity contribution in [3.63, 3.8) is 0 Å². The second kappa shape index (κ2) is 6.09. The fourth-order valence-corrected chi connectivity index (χ4v) is 2.88. The van der Waals surface area contributed by atoms with E-state index in [0.717, 1.165) is 12.2 Å². The summed E-state index contributed by atoms with van der Waals surface area (Å²) < 4.78 is 27.1. The van der Waals surface area contributed by atoms with Gasteiger partial charge >= 0.3 is 0 Å². The van der Waals surface area contributed by atoms with E-state index < -0.39 is 10.0 Å². The standard InChI is InChI=1S/C14H18N4O2S/c1-4-15-14-8-6-12(9-16-14)21(19,20)18-13-7-5-10(2)17-11(13)3/h5-9,18H,4H2,1-3H3,(H,15,16). The van der Waals surface area contributed by atoms with Crippen LogP contribution in [0.15, 0.2) is 35.4 Å². The highest BCUT2D eigenvalue weighted by Gasteiger charge is 2.16. The van der Waals surface area contributed by atoms with Crippen LogP contribution >= 0.6 is 0 Å². The summed E-state index contributed by atoms with van der Waals surface area (Å²) in [4.78, 5) is 8.42. The number of hydrogen-bond acceptors (Lipinski definition) is 5. The van der Waals surface area contributed by atoms with Crippen molar-refractivity contribution in [2.24, 2.45) is 0 Å². The lowest BCUT2D eigenvalue weighted by Gasteiger charge is -2.10. The number of nitrogens with zero attached hydrogens (tertiary/aromatic N) is 2. The normalized spacial score (nSPS) is 11.2. The van der Waals surface area contributed by atoms with Crippen molar-refractivity contribution in [2.75, 3.05) is 16.6 Å². The van der Waals surface area contributed by atoms with E-state index in [9.17, 15) is 8.42 Å². The summed E-state index contributed by atoms with van der Waals surface area (Å²) in [5.41, 5.74) is 1.94. The third kappa shape index (κ3) is 3.69. The summed E-state index contributed by atoms with van der Waals surface area (Å²) in [5.74, 6) is 0.643. The monoisotopic (exact) mass is 306 g/mol. The van der Waals surface area contributed by atoms with Crippen LogP contribution in [0.5, 0.6) is 0 Å². The minimum atomic E-state index is -3.66. The van der Waals surface area contributed by atoms with Crippen molar-refractivity contribution in [3.05, 3.63) is 41.9 Å². The van der Waals surface area contributed by atoms with Crippen molar-refractivity contribution < 1.29 is 8.42 Å². The minimum absolute atomic E-state index is 0.115. The van der Waals surface area contributed by atoms with Crippen LogP contribution in [0.1, 0.15) is 18.3 Å². The van der Waals surface area contributed by atoms with Gasteiger partial charge in [-0.05, 0) is 45.0 Å². The van der Waals surface area contributed by atoms with Crippen LogP contribution in [-0.2, 0) is 10.0 Å². The number of rotatable bonds is 5. The maximum Gasteiger partial charge on any atom is 0.263 e. The number of pyridine rings is 2. The molecule has 0 saturated heterocycles. The predicted molar refractivity (Wildman–Crippen MR) is 82.9 cm³/mol. The fourth-order valence-electron chi connectivity index (χ4n) is 1.82. The molecule has 112 valence electrons. The first kappa shape index (κ1) is 15.2. The van der Waals surface area contributed by atoms with Crippen LogP contribution in [0.2, 0.25) is 0 Å². The number of aryl methyl sites for hydroxylation is 2. The Morgan fingerprint density at radius 3 is 2.48 bits per heavy atom. The van der Waals surface area contributed by atoms with Gasteiger partial charge in [0.25, 0.3) is 10.0 Å². The number of anilines is 2. The van der Waals surface area contributed by atoms with Crippen molar-refractivity contribution in [1.29, 1.82) is 0 Å². The summed E-state index contributed by atoms with van der Waals surface area (Å²) in [6.45, 7) is 6.29. The van der Waals surface area contributed by atoms with Crippen LogP contribution in [0.25, 0.3) is 0 Å². The number of nitrogens with one attached hydrogen (secondary N) is 2. The van der Waals surface area contributed by atoms with Crippen LogP contribution in [0.4, 0.5) is 11.5 Å². The molecular weight excluding hydrogens is 288 g/mol. The van der Waals surface area contributed by atoms with Gasteiger partial charge in [0.1, 0.15) is 10.7 Å². The van der Waals surface area contributed by atoms with E-state index in [1.807, 2.05) is 13.8 Å². The topological polar surface area (TPSA) is 84.0 Å². The largest absolute Gasteiger partial charge is 0.370 e. The van der Waals surface area contributed by atoms with Gasteiger partial charge in [-0.3, -0.25) is 9.71 Å². The zero-order chi connectivity index (χ0) is 15.5. The Hall–Kier alpha value is -2.15. The van der Waals surface area contributed by atoms with E-state index in [-0.39, 0.29) is 4.90 Å². The third-order valence-corrected chi connectivity index (χ3v) is 4.22. The molecule has 0 aliphatic rings. The first-order chi connectivity index (χ1) is 9.92. The Labute approximate surface area is 124 Å². The smallest absolute Gasteiger partial charge is 0.263 e. The highest BCUT2D eigenvalue weighted by Crippen LogP contribution is 2.19. The molecule has 0 fully saturated rings. The van der Waals surface area contributed by atoms with Gasteiger partial charge in [-0.25, -0.2) is 13.4 Å². The second-order valence-corrected chi connectivity index (χ2v) is 6.28. The van der Waals surface area contributed by atoms with Gasteiger partial charge in [0, 0.05) is 18.4 Å². The molecule has 0 radical (unpaired) electrons. The summed E-state index contributed by atoms with van der Waals surface area (Å²) in [6.07, 6.45) is 1.33. The molecule has 0 aliphatic heterocycles. The average Bonchev–Trinajstić information content (AvgIpc) is 2.43. The molecule has 0 aromatic carbocycles. The maximum absolute atomic E-state index is 12.3. The summed E-state index contributed by atoms with van der Waals surface area (Å²) in [7, 11) is -3.66. The Balaban J connectivity index is 2.25. The van der Waals surface area contributed by atoms with Crippen LogP contribution in [0, 0.1) is 13.8 Å². The Morgan fingerprint density at radius 1 is 1.14 bits per heavy atom. The van der Waals surface area contributed by atoms with E-state index in [1.165, 1.54) is 12.3 Å². The van der Waals surface area contributed by atoms with Gasteiger partial charge < -0.3 is 5.32 Å². The molecule has 0 bridgehead atoms. The molecule has 6 nitrogen and oxygen atoms in total. The molecule has 2 rings (SSSR count). The predicted octanol–water partition coefficient (Wildman–Crippen LogP) is 2.33. The zero-order valence-corrected chi connectivity index (χ0v) is 13.0. The van der Waals surface area contributed by atoms with Gasteiger partial charge in [0.2, 0.25) is 0 Å². The summed E-state index contributed by atoms with van der Waals surface area (Å²) in [6, 6.07) is 6.62. The van der Waals surface area contributed by atoms with Crippen molar-refractivity contribution >= 4 is 21.5 Å². The molecule has 2 aromatic heterocycles. The quantitative estimate of drug-likeness (QED) is 0.885. The lowest BCUT2D eigenvalue weighted by atomic mass is 10.3. The molecule has 2 N–H and O–H groups in total. The summed E-state index contributed by atoms with van der Waals surface area (Å²) >= 11 is 0. The number of aromatic nitrogens is 2. The highest BCUT2D eigenvalue weighted by molar-refractivity contribution is 7.92. The fraction of sp³-hybridized carbons (Fsp3) is 0.286. The van der Waals surface area contributed by atoms with Crippen molar-refractivity contribution in [2.45, 2.75) is 25.7 Å². The molecule has 0 atom stereocenters. The van der Waals surface area contributed by atoms with Gasteiger partial charge in [-0.2, -0.15) is 0 Å². The van der Waals surface area contributed by atoms with Gasteiger partial charge in [0.05, 0.1) is 11.4 Å². The molecule has 2 heterocycles.